The lowest BCUT2D eigenvalue weighted by Crippen LogP contribution is -2.48. The molecule has 0 bridgehead atoms. The largest absolute Gasteiger partial charge is 0.386 e. The number of ether oxygens (including phenoxy) is 1. The molecule has 0 spiro atoms. The maximum absolute atomic E-state index is 10.3. The summed E-state index contributed by atoms with van der Waals surface area (Å²) in [6.45, 7) is 3.80. The lowest BCUT2D eigenvalue weighted by atomic mass is 9.77. The van der Waals surface area contributed by atoms with Crippen LogP contribution in [0.3, 0.4) is 0 Å². The molecule has 2 rings (SSSR count). The first-order chi connectivity index (χ1) is 5.65. The first-order valence-electron chi connectivity index (χ1n) is 4.65. The van der Waals surface area contributed by atoms with Crippen LogP contribution >= 0.6 is 0 Å². The number of hydrogen-bond donors (Lipinski definition) is 2. The smallest absolute Gasteiger partial charge is 0.0995 e. The third kappa shape index (κ3) is 0.873. The van der Waals surface area contributed by atoms with Gasteiger partial charge in [-0.1, -0.05) is 6.92 Å². The zero-order valence-electron chi connectivity index (χ0n) is 7.55. The lowest BCUT2D eigenvalue weighted by molar-refractivity contribution is -0.0571. The molecule has 1 saturated carbocycles. The quantitative estimate of drug-likeness (QED) is 0.620. The van der Waals surface area contributed by atoms with E-state index in [0.717, 1.165) is 12.8 Å². The Labute approximate surface area is 72.9 Å². The van der Waals surface area contributed by atoms with Gasteiger partial charge in [0.2, 0.25) is 0 Å². The molecule has 0 aromatic rings. The zero-order chi connectivity index (χ0) is 8.82. The van der Waals surface area contributed by atoms with Crippen molar-refractivity contribution in [3.05, 3.63) is 0 Å². The molecule has 1 heterocycles. The molecular weight excluding hydrogens is 154 g/mol. The van der Waals surface area contributed by atoms with Gasteiger partial charge in [-0.05, 0) is 12.8 Å². The molecule has 70 valence electrons. The van der Waals surface area contributed by atoms with E-state index in [4.69, 9.17) is 10.5 Å². The molecule has 3 N–H and O–H groups in total. The van der Waals surface area contributed by atoms with Gasteiger partial charge >= 0.3 is 0 Å². The minimum absolute atomic E-state index is 0.0110. The maximum Gasteiger partial charge on any atom is 0.0995 e. The van der Waals surface area contributed by atoms with Crippen LogP contribution in [0, 0.1) is 11.3 Å². The van der Waals surface area contributed by atoms with Crippen molar-refractivity contribution in [2.45, 2.75) is 25.4 Å². The Morgan fingerprint density at radius 3 is 2.58 bits per heavy atom. The Hall–Kier alpha value is -0.120. The van der Waals surface area contributed by atoms with Gasteiger partial charge in [0, 0.05) is 17.9 Å². The van der Waals surface area contributed by atoms with Gasteiger partial charge in [0.05, 0.1) is 18.8 Å². The summed E-state index contributed by atoms with van der Waals surface area (Å²) in [7, 11) is 0. The zero-order valence-corrected chi connectivity index (χ0v) is 7.55. The van der Waals surface area contributed by atoms with Crippen molar-refractivity contribution in [2.75, 3.05) is 19.8 Å². The van der Waals surface area contributed by atoms with Crippen LogP contribution in [0.25, 0.3) is 0 Å². The average Bonchev–Trinajstić information content (AvgIpc) is 2.78. The monoisotopic (exact) mass is 171 g/mol. The van der Waals surface area contributed by atoms with Crippen LogP contribution in [0.15, 0.2) is 0 Å². The van der Waals surface area contributed by atoms with E-state index >= 15 is 0 Å². The molecule has 3 heteroatoms. The number of aliphatic hydroxyl groups is 1. The van der Waals surface area contributed by atoms with Gasteiger partial charge in [-0.3, -0.25) is 0 Å². The van der Waals surface area contributed by atoms with Crippen molar-refractivity contribution in [3.8, 4) is 0 Å². The third-order valence-corrected chi connectivity index (χ3v) is 3.67. The van der Waals surface area contributed by atoms with Crippen molar-refractivity contribution in [1.82, 2.24) is 0 Å². The summed E-state index contributed by atoms with van der Waals surface area (Å²) in [6.07, 6.45) is 2.13. The molecule has 2 atom stereocenters. The molecule has 12 heavy (non-hydrogen) atoms. The predicted molar refractivity (Wildman–Crippen MR) is 45.7 cm³/mol. The highest BCUT2D eigenvalue weighted by Gasteiger charge is 2.61. The van der Waals surface area contributed by atoms with E-state index in [0.29, 0.717) is 19.8 Å². The molecule has 3 nitrogen and oxygen atoms in total. The molecular formula is C9H17NO2. The van der Waals surface area contributed by atoms with Crippen LogP contribution in [0.4, 0.5) is 0 Å². The van der Waals surface area contributed by atoms with Gasteiger partial charge in [-0.15, -0.1) is 0 Å². The minimum Gasteiger partial charge on any atom is -0.386 e. The van der Waals surface area contributed by atoms with Crippen LogP contribution in [0.1, 0.15) is 19.8 Å². The van der Waals surface area contributed by atoms with Crippen molar-refractivity contribution < 1.29 is 9.84 Å². The third-order valence-electron chi connectivity index (χ3n) is 3.67. The second kappa shape index (κ2) is 2.44. The summed E-state index contributed by atoms with van der Waals surface area (Å²) in [4.78, 5) is 0. The van der Waals surface area contributed by atoms with E-state index < -0.39 is 5.60 Å². The molecule has 2 aliphatic rings. The standard InChI is InChI=1S/C9H17NO2/c1-7-4-12-6-9(7,11)8(5-10)2-3-8/h7,11H,2-6,10H2,1H3. The molecule has 0 radical (unpaired) electrons. The number of rotatable bonds is 2. The summed E-state index contributed by atoms with van der Waals surface area (Å²) < 4.78 is 5.29. The molecule has 2 fully saturated rings. The van der Waals surface area contributed by atoms with Crippen LogP contribution in [0.5, 0.6) is 0 Å². The Morgan fingerprint density at radius 1 is 1.58 bits per heavy atom. The van der Waals surface area contributed by atoms with E-state index in [9.17, 15) is 5.11 Å². The lowest BCUT2D eigenvalue weighted by Gasteiger charge is -2.34. The van der Waals surface area contributed by atoms with E-state index in [-0.39, 0.29) is 11.3 Å². The first kappa shape index (κ1) is 8.48. The fourth-order valence-electron chi connectivity index (χ4n) is 2.31. The summed E-state index contributed by atoms with van der Waals surface area (Å²) in [5.41, 5.74) is 5.03. The van der Waals surface area contributed by atoms with Crippen molar-refractivity contribution in [1.29, 1.82) is 0 Å². The fraction of sp³-hybridized carbons (Fsp3) is 1.00. The second-order valence-corrected chi connectivity index (χ2v) is 4.32. The Morgan fingerprint density at radius 2 is 2.25 bits per heavy atom. The highest BCUT2D eigenvalue weighted by Crippen LogP contribution is 2.57. The van der Waals surface area contributed by atoms with E-state index in [2.05, 4.69) is 0 Å². The van der Waals surface area contributed by atoms with Gasteiger partial charge in [-0.2, -0.15) is 0 Å². The summed E-state index contributed by atoms with van der Waals surface area (Å²) in [5, 5.41) is 10.3. The summed E-state index contributed by atoms with van der Waals surface area (Å²) in [5.74, 6) is 0.239. The van der Waals surface area contributed by atoms with Crippen molar-refractivity contribution >= 4 is 0 Å². The maximum atomic E-state index is 10.3. The highest BCUT2D eigenvalue weighted by molar-refractivity contribution is 5.12. The normalized spacial score (nSPS) is 44.8. The molecule has 1 aliphatic carbocycles. The highest BCUT2D eigenvalue weighted by atomic mass is 16.5. The van der Waals surface area contributed by atoms with Crippen LogP contribution in [-0.2, 0) is 4.74 Å². The molecule has 2 unspecified atom stereocenters. The Bertz CT molecular complexity index is 191. The Kier molecular flexibility index (Phi) is 1.72. The predicted octanol–water partition coefficient (Wildman–Crippen LogP) is 0.123. The average molecular weight is 171 g/mol. The van der Waals surface area contributed by atoms with Gasteiger partial charge in [0.1, 0.15) is 0 Å². The number of nitrogens with two attached hydrogens (primary N) is 1. The van der Waals surface area contributed by atoms with E-state index in [1.165, 1.54) is 0 Å². The van der Waals surface area contributed by atoms with E-state index in [1.54, 1.807) is 0 Å². The van der Waals surface area contributed by atoms with Gasteiger partial charge in [0.15, 0.2) is 0 Å². The van der Waals surface area contributed by atoms with Crippen LogP contribution in [-0.4, -0.2) is 30.5 Å². The van der Waals surface area contributed by atoms with Gasteiger partial charge in [-0.25, -0.2) is 0 Å². The summed E-state index contributed by atoms with van der Waals surface area (Å²) in [6, 6.07) is 0. The second-order valence-electron chi connectivity index (χ2n) is 4.32. The van der Waals surface area contributed by atoms with Crippen LogP contribution in [0.2, 0.25) is 0 Å². The molecule has 0 amide bonds. The van der Waals surface area contributed by atoms with Gasteiger partial charge < -0.3 is 15.6 Å². The Balaban J connectivity index is 2.19. The molecule has 0 aromatic heterocycles. The number of hydrogen-bond acceptors (Lipinski definition) is 3. The SMILES string of the molecule is CC1COCC1(O)C1(CN)CC1. The molecule has 0 aromatic carbocycles. The minimum atomic E-state index is -0.637. The van der Waals surface area contributed by atoms with E-state index in [1.807, 2.05) is 6.92 Å². The van der Waals surface area contributed by atoms with Crippen molar-refractivity contribution in [3.63, 3.8) is 0 Å². The fourth-order valence-corrected chi connectivity index (χ4v) is 2.31. The molecule has 1 saturated heterocycles. The van der Waals surface area contributed by atoms with Gasteiger partial charge in [0.25, 0.3) is 0 Å². The summed E-state index contributed by atoms with van der Waals surface area (Å²) >= 11 is 0. The van der Waals surface area contributed by atoms with Crippen molar-refractivity contribution in [2.24, 2.45) is 17.1 Å². The first-order valence-corrected chi connectivity index (χ1v) is 4.65. The van der Waals surface area contributed by atoms with Crippen LogP contribution < -0.4 is 5.73 Å². The topological polar surface area (TPSA) is 55.5 Å². The molecule has 1 aliphatic heterocycles.